The molecule has 0 unspecified atom stereocenters. The predicted molar refractivity (Wildman–Crippen MR) is 95.0 cm³/mol. The molecule has 2 aromatic carbocycles. The molecular formula is C20H17NO4. The Kier molecular flexibility index (Phi) is 4.48. The number of H-pyrrole nitrogens is 1. The van der Waals surface area contributed by atoms with Gasteiger partial charge in [-0.1, -0.05) is 48.0 Å². The maximum absolute atomic E-state index is 12.5. The number of para-hydroxylation sites is 1. The highest BCUT2D eigenvalue weighted by atomic mass is 16.5. The Labute approximate surface area is 144 Å². The summed E-state index contributed by atoms with van der Waals surface area (Å²) in [6.07, 6.45) is -0.951. The van der Waals surface area contributed by atoms with Gasteiger partial charge in [0, 0.05) is 22.5 Å². The van der Waals surface area contributed by atoms with Gasteiger partial charge in [-0.15, -0.1) is 0 Å². The first-order valence-electron chi connectivity index (χ1n) is 7.89. The van der Waals surface area contributed by atoms with Crippen molar-refractivity contribution in [2.24, 2.45) is 0 Å². The molecule has 1 heterocycles. The fourth-order valence-corrected chi connectivity index (χ4v) is 2.60. The van der Waals surface area contributed by atoms with Gasteiger partial charge in [-0.2, -0.15) is 0 Å². The van der Waals surface area contributed by atoms with E-state index in [0.29, 0.717) is 16.5 Å². The summed E-state index contributed by atoms with van der Waals surface area (Å²) >= 11 is 0. The van der Waals surface area contributed by atoms with Gasteiger partial charge in [0.2, 0.25) is 11.3 Å². The Balaban J connectivity index is 1.86. The molecule has 5 heteroatoms. The minimum Gasteiger partial charge on any atom is -0.451 e. The van der Waals surface area contributed by atoms with Crippen molar-refractivity contribution in [3.63, 3.8) is 0 Å². The summed E-state index contributed by atoms with van der Waals surface area (Å²) in [6.45, 7) is 3.45. The number of carbonyl (C=O) groups is 2. The number of pyridine rings is 1. The summed E-state index contributed by atoms with van der Waals surface area (Å²) in [4.78, 5) is 39.3. The van der Waals surface area contributed by atoms with E-state index in [9.17, 15) is 14.4 Å². The highest BCUT2D eigenvalue weighted by Crippen LogP contribution is 2.17. The number of nitrogens with one attached hydrogen (secondary N) is 1. The summed E-state index contributed by atoms with van der Waals surface area (Å²) in [5.41, 5.74) is 1.79. The normalized spacial score (nSPS) is 11.9. The summed E-state index contributed by atoms with van der Waals surface area (Å²) in [5.74, 6) is -0.988. The van der Waals surface area contributed by atoms with Gasteiger partial charge in [0.15, 0.2) is 6.10 Å². The highest BCUT2D eigenvalue weighted by molar-refractivity contribution is 6.05. The van der Waals surface area contributed by atoms with Crippen molar-refractivity contribution in [1.29, 1.82) is 0 Å². The third kappa shape index (κ3) is 3.50. The highest BCUT2D eigenvalue weighted by Gasteiger charge is 2.22. The largest absolute Gasteiger partial charge is 0.451 e. The van der Waals surface area contributed by atoms with Crippen LogP contribution in [0.3, 0.4) is 0 Å². The Bertz CT molecular complexity index is 1000. The number of Topliss-reactive ketones (excluding diaryl/α,β-unsaturated/α-hetero) is 1. The lowest BCUT2D eigenvalue weighted by Crippen LogP contribution is -2.25. The van der Waals surface area contributed by atoms with Gasteiger partial charge in [0.1, 0.15) is 0 Å². The average Bonchev–Trinajstić information content (AvgIpc) is 2.60. The molecule has 0 amide bonds. The van der Waals surface area contributed by atoms with Gasteiger partial charge in [0.25, 0.3) is 0 Å². The van der Waals surface area contributed by atoms with Crippen LogP contribution in [0.15, 0.2) is 59.4 Å². The monoisotopic (exact) mass is 335 g/mol. The lowest BCUT2D eigenvalue weighted by atomic mass is 10.1. The Morgan fingerprint density at radius 3 is 2.44 bits per heavy atom. The van der Waals surface area contributed by atoms with E-state index in [1.807, 2.05) is 19.1 Å². The molecule has 0 fully saturated rings. The second kappa shape index (κ2) is 6.73. The second-order valence-corrected chi connectivity index (χ2v) is 5.87. The number of aryl methyl sites for hydroxylation is 1. The fourth-order valence-electron chi connectivity index (χ4n) is 2.60. The Morgan fingerprint density at radius 2 is 1.72 bits per heavy atom. The molecule has 0 radical (unpaired) electrons. The number of aromatic amines is 1. The van der Waals surface area contributed by atoms with E-state index < -0.39 is 17.6 Å². The van der Waals surface area contributed by atoms with E-state index >= 15 is 0 Å². The standard InChI is InChI=1S/C20H17NO4/c1-12-7-9-14(10-8-12)19(23)13(2)25-20(24)16-11-18(22)21-17-6-4-3-5-15(16)17/h3-11,13H,1-2H3,(H,21,22)/t13-/m1/s1. The number of fused-ring (bicyclic) bond motifs is 1. The zero-order chi connectivity index (χ0) is 18.0. The average molecular weight is 335 g/mol. The van der Waals surface area contributed by atoms with Crippen molar-refractivity contribution in [2.45, 2.75) is 20.0 Å². The maximum atomic E-state index is 12.5. The van der Waals surface area contributed by atoms with Crippen LogP contribution in [0, 0.1) is 6.92 Å². The number of ether oxygens (including phenoxy) is 1. The number of ketones is 1. The van der Waals surface area contributed by atoms with Crippen molar-refractivity contribution >= 4 is 22.7 Å². The van der Waals surface area contributed by atoms with Crippen molar-refractivity contribution in [3.05, 3.63) is 81.6 Å². The fraction of sp³-hybridized carbons (Fsp3) is 0.150. The van der Waals surface area contributed by atoms with Gasteiger partial charge < -0.3 is 9.72 Å². The number of aromatic nitrogens is 1. The SMILES string of the molecule is Cc1ccc(C(=O)[C@@H](C)OC(=O)c2cc(=O)[nH]c3ccccc23)cc1. The van der Waals surface area contributed by atoms with Gasteiger partial charge in [0.05, 0.1) is 5.56 Å². The molecule has 0 aliphatic heterocycles. The third-order valence-electron chi connectivity index (χ3n) is 3.96. The van der Waals surface area contributed by atoms with Crippen LogP contribution in [-0.4, -0.2) is 22.8 Å². The van der Waals surface area contributed by atoms with E-state index in [0.717, 1.165) is 5.56 Å². The van der Waals surface area contributed by atoms with Crippen LogP contribution in [-0.2, 0) is 4.74 Å². The molecule has 0 spiro atoms. The van der Waals surface area contributed by atoms with Crippen LogP contribution in [0.25, 0.3) is 10.9 Å². The summed E-state index contributed by atoms with van der Waals surface area (Å²) in [7, 11) is 0. The van der Waals surface area contributed by atoms with Crippen molar-refractivity contribution in [3.8, 4) is 0 Å². The quantitative estimate of drug-likeness (QED) is 0.586. The minimum absolute atomic E-state index is 0.142. The molecule has 0 bridgehead atoms. The van der Waals surface area contributed by atoms with E-state index in [2.05, 4.69) is 4.98 Å². The zero-order valence-electron chi connectivity index (χ0n) is 13.9. The Morgan fingerprint density at radius 1 is 1.04 bits per heavy atom. The van der Waals surface area contributed by atoms with Crippen molar-refractivity contribution < 1.29 is 14.3 Å². The molecular weight excluding hydrogens is 318 g/mol. The van der Waals surface area contributed by atoms with Crippen molar-refractivity contribution in [1.82, 2.24) is 4.98 Å². The second-order valence-electron chi connectivity index (χ2n) is 5.87. The van der Waals surface area contributed by atoms with Gasteiger partial charge in [-0.05, 0) is 19.9 Å². The molecule has 5 nitrogen and oxygen atoms in total. The van der Waals surface area contributed by atoms with Crippen LogP contribution in [0.5, 0.6) is 0 Å². The van der Waals surface area contributed by atoms with Crippen LogP contribution >= 0.6 is 0 Å². The van der Waals surface area contributed by atoms with E-state index in [1.165, 1.54) is 13.0 Å². The minimum atomic E-state index is -0.951. The van der Waals surface area contributed by atoms with E-state index in [1.54, 1.807) is 36.4 Å². The number of hydrogen-bond donors (Lipinski definition) is 1. The third-order valence-corrected chi connectivity index (χ3v) is 3.96. The Hall–Kier alpha value is -3.21. The smallest absolute Gasteiger partial charge is 0.339 e. The lowest BCUT2D eigenvalue weighted by Gasteiger charge is -2.13. The summed E-state index contributed by atoms with van der Waals surface area (Å²) in [5, 5.41) is 0.571. The predicted octanol–water partition coefficient (Wildman–Crippen LogP) is 3.26. The van der Waals surface area contributed by atoms with E-state index in [-0.39, 0.29) is 11.3 Å². The van der Waals surface area contributed by atoms with Crippen LogP contribution in [0.1, 0.15) is 33.2 Å². The molecule has 3 rings (SSSR count). The molecule has 0 saturated carbocycles. The first-order chi connectivity index (χ1) is 12.0. The number of benzene rings is 2. The molecule has 1 N–H and O–H groups in total. The first kappa shape index (κ1) is 16.6. The molecule has 0 saturated heterocycles. The van der Waals surface area contributed by atoms with Crippen LogP contribution in [0.4, 0.5) is 0 Å². The topological polar surface area (TPSA) is 76.2 Å². The van der Waals surface area contributed by atoms with Gasteiger partial charge in [-0.25, -0.2) is 4.79 Å². The number of esters is 1. The molecule has 0 aliphatic carbocycles. The first-order valence-corrected chi connectivity index (χ1v) is 7.89. The molecule has 0 aliphatic rings. The molecule has 1 atom stereocenters. The van der Waals surface area contributed by atoms with Gasteiger partial charge >= 0.3 is 5.97 Å². The van der Waals surface area contributed by atoms with Gasteiger partial charge in [-0.3, -0.25) is 9.59 Å². The number of carbonyl (C=O) groups excluding carboxylic acids is 2. The maximum Gasteiger partial charge on any atom is 0.339 e. The molecule has 3 aromatic rings. The summed E-state index contributed by atoms with van der Waals surface area (Å²) in [6, 6.07) is 15.2. The van der Waals surface area contributed by atoms with Crippen molar-refractivity contribution in [2.75, 3.05) is 0 Å². The summed E-state index contributed by atoms with van der Waals surface area (Å²) < 4.78 is 5.30. The van der Waals surface area contributed by atoms with Crippen LogP contribution in [0.2, 0.25) is 0 Å². The van der Waals surface area contributed by atoms with Crippen LogP contribution < -0.4 is 5.56 Å². The number of hydrogen-bond acceptors (Lipinski definition) is 4. The zero-order valence-corrected chi connectivity index (χ0v) is 13.9. The molecule has 25 heavy (non-hydrogen) atoms. The molecule has 126 valence electrons. The molecule has 1 aromatic heterocycles. The van der Waals surface area contributed by atoms with E-state index in [4.69, 9.17) is 4.74 Å². The lowest BCUT2D eigenvalue weighted by molar-refractivity contribution is 0.0320. The number of rotatable bonds is 4.